The molecule has 2 N–H and O–H groups in total. The zero-order valence-corrected chi connectivity index (χ0v) is 16.6. The number of nitrogens with one attached hydrogen (secondary N) is 1. The predicted octanol–water partition coefficient (Wildman–Crippen LogP) is 4.56. The summed E-state index contributed by atoms with van der Waals surface area (Å²) >= 11 is 0. The molecular weight excluding hydrogens is 322 g/mol. The first-order valence-electron chi connectivity index (χ1n) is 9.19. The molecule has 138 valence electrons. The number of quaternary nitrogens is 1. The van der Waals surface area contributed by atoms with Crippen molar-refractivity contribution < 1.29 is 10.2 Å². The maximum absolute atomic E-state index is 12.3. The molecule has 3 nitrogen and oxygen atoms in total. The van der Waals surface area contributed by atoms with Gasteiger partial charge in [-0.15, -0.1) is 0 Å². The highest BCUT2D eigenvalue weighted by molar-refractivity contribution is 5.88. The van der Waals surface area contributed by atoms with Gasteiger partial charge in [0.05, 0.1) is 0 Å². The summed E-state index contributed by atoms with van der Waals surface area (Å²) in [5.41, 5.74) is 5.48. The molecule has 0 bridgehead atoms. The highest BCUT2D eigenvalue weighted by atomic mass is 16.5. The van der Waals surface area contributed by atoms with Gasteiger partial charge < -0.3 is 15.4 Å². The number of hydrogen-bond acceptors (Lipinski definition) is 2. The number of phenolic OH excluding ortho intramolecular Hbond substituents is 1. The van der Waals surface area contributed by atoms with E-state index in [1.807, 2.05) is 24.3 Å². The van der Waals surface area contributed by atoms with Crippen molar-refractivity contribution in [3.05, 3.63) is 63.9 Å². The lowest BCUT2D eigenvalue weighted by atomic mass is 9.78. The van der Waals surface area contributed by atoms with Crippen LogP contribution in [0, 0.1) is 5.21 Å². The molecule has 3 heteroatoms. The molecule has 0 amide bonds. The van der Waals surface area contributed by atoms with E-state index < -0.39 is 0 Å². The molecule has 26 heavy (non-hydrogen) atoms. The molecule has 1 heterocycles. The number of hydroxylamine groups is 1. The number of rotatable bonds is 1. The fourth-order valence-corrected chi connectivity index (χ4v) is 3.58. The average molecular weight is 351 g/mol. The monoisotopic (exact) mass is 351 g/mol. The molecule has 1 aliphatic heterocycles. The van der Waals surface area contributed by atoms with Crippen LogP contribution in [0.4, 0.5) is 5.69 Å². The fraction of sp³-hybridized carbons (Fsp3) is 0.391. The van der Waals surface area contributed by atoms with Crippen molar-refractivity contribution in [2.45, 2.75) is 52.4 Å². The van der Waals surface area contributed by atoms with Crippen molar-refractivity contribution in [1.82, 2.24) is 0 Å². The van der Waals surface area contributed by atoms with Crippen LogP contribution in [0.1, 0.15) is 63.8 Å². The summed E-state index contributed by atoms with van der Waals surface area (Å²) in [6.07, 6.45) is 2.10. The molecule has 0 aliphatic carbocycles. The fourth-order valence-electron chi connectivity index (χ4n) is 3.58. The molecule has 1 aliphatic rings. The van der Waals surface area contributed by atoms with Gasteiger partial charge in [0.25, 0.3) is 0 Å². The molecule has 0 saturated heterocycles. The van der Waals surface area contributed by atoms with Gasteiger partial charge in [-0.2, -0.15) is 0 Å². The third-order valence-corrected chi connectivity index (χ3v) is 5.01. The molecule has 0 saturated carbocycles. The molecule has 0 spiro atoms. The molecule has 2 aromatic rings. The number of aromatic hydroxyl groups is 1. The minimum absolute atomic E-state index is 0.165. The summed E-state index contributed by atoms with van der Waals surface area (Å²) in [7, 11) is 0. The lowest BCUT2D eigenvalue weighted by molar-refractivity contribution is -0.762. The first-order chi connectivity index (χ1) is 12.0. The van der Waals surface area contributed by atoms with Gasteiger partial charge in [0.2, 0.25) is 0 Å². The highest BCUT2D eigenvalue weighted by Crippen LogP contribution is 2.40. The van der Waals surface area contributed by atoms with Crippen molar-refractivity contribution >= 4 is 17.3 Å². The van der Waals surface area contributed by atoms with E-state index in [9.17, 15) is 10.3 Å². The van der Waals surface area contributed by atoms with E-state index in [0.29, 0.717) is 12.3 Å². The third-order valence-electron chi connectivity index (χ3n) is 5.01. The van der Waals surface area contributed by atoms with Crippen LogP contribution in [0.25, 0.3) is 11.6 Å². The molecule has 2 aromatic carbocycles. The van der Waals surface area contributed by atoms with Gasteiger partial charge in [0.15, 0.2) is 0 Å². The van der Waals surface area contributed by atoms with Crippen molar-refractivity contribution in [2.24, 2.45) is 0 Å². The van der Waals surface area contributed by atoms with Gasteiger partial charge in [0, 0.05) is 22.3 Å². The minimum atomic E-state index is -0.165. The number of fused-ring (bicyclic) bond motifs is 1. The molecular formula is C23H29NO2. The van der Waals surface area contributed by atoms with Crippen LogP contribution < -0.4 is 5.06 Å². The maximum atomic E-state index is 12.3. The highest BCUT2D eigenvalue weighted by Gasteiger charge is 2.27. The Balaban J connectivity index is 2.18. The standard InChI is InChI=1S/C23H29NO2/c1-22(2,3)18-12-15(13-19(21(18)25)23(4,5)6)11-16-14-24(26)20-10-8-7-9-17(16)20/h7-13,24-25H,14H2,1-6H3. The van der Waals surface area contributed by atoms with Crippen LogP contribution in [0.15, 0.2) is 36.4 Å². The smallest absolute Gasteiger partial charge is 0.139 e. The summed E-state index contributed by atoms with van der Waals surface area (Å²) in [5.74, 6) is 0.384. The lowest BCUT2D eigenvalue weighted by Crippen LogP contribution is -3.00. The Bertz CT molecular complexity index is 832. The minimum Gasteiger partial charge on any atom is -0.629 e. The molecule has 0 radical (unpaired) electrons. The SMILES string of the molecule is CC(C)(C)c1cc(C=C2C[NH+]([O-])c3ccccc32)cc(C(C)(C)C)c1O. The van der Waals surface area contributed by atoms with Crippen LogP contribution in [-0.2, 0) is 10.8 Å². The predicted molar refractivity (Wildman–Crippen MR) is 109 cm³/mol. The third kappa shape index (κ3) is 3.42. The van der Waals surface area contributed by atoms with E-state index in [0.717, 1.165) is 33.5 Å². The summed E-state index contributed by atoms with van der Waals surface area (Å²) in [6.45, 7) is 13.1. The number of benzene rings is 2. The Morgan fingerprint density at radius 2 is 1.50 bits per heavy atom. The lowest BCUT2D eigenvalue weighted by Gasteiger charge is -2.28. The van der Waals surface area contributed by atoms with Crippen LogP contribution >= 0.6 is 0 Å². The van der Waals surface area contributed by atoms with Gasteiger partial charge in [0.1, 0.15) is 18.0 Å². The zero-order valence-electron chi connectivity index (χ0n) is 16.6. The van der Waals surface area contributed by atoms with Gasteiger partial charge >= 0.3 is 0 Å². The van der Waals surface area contributed by atoms with Crippen LogP contribution in [0.5, 0.6) is 5.75 Å². The molecule has 0 fully saturated rings. The summed E-state index contributed by atoms with van der Waals surface area (Å²) in [4.78, 5) is 0. The Morgan fingerprint density at radius 1 is 0.962 bits per heavy atom. The van der Waals surface area contributed by atoms with Crippen molar-refractivity contribution in [3.63, 3.8) is 0 Å². The second kappa shape index (κ2) is 6.26. The van der Waals surface area contributed by atoms with E-state index >= 15 is 0 Å². The first kappa shape index (κ1) is 18.7. The molecule has 0 aromatic heterocycles. The Hall–Kier alpha value is -2.10. The summed E-state index contributed by atoms with van der Waals surface area (Å²) < 4.78 is 0. The Morgan fingerprint density at radius 3 is 2.04 bits per heavy atom. The average Bonchev–Trinajstić information content (AvgIpc) is 2.83. The second-order valence-corrected chi connectivity index (χ2v) is 9.28. The quantitative estimate of drug-likeness (QED) is 0.740. The van der Waals surface area contributed by atoms with Gasteiger partial charge in [-0.05, 0) is 46.7 Å². The van der Waals surface area contributed by atoms with Gasteiger partial charge in [-0.1, -0.05) is 53.7 Å². The topological polar surface area (TPSA) is 47.7 Å². The normalized spacial score (nSPS) is 19.0. The number of hydrogen-bond donors (Lipinski definition) is 2. The van der Waals surface area contributed by atoms with Crippen LogP contribution in [0.2, 0.25) is 0 Å². The Kier molecular flexibility index (Phi) is 4.50. The molecule has 3 rings (SSSR count). The van der Waals surface area contributed by atoms with E-state index in [2.05, 4.69) is 59.8 Å². The number of phenols is 1. The van der Waals surface area contributed by atoms with Crippen molar-refractivity contribution in [2.75, 3.05) is 6.54 Å². The number of para-hydroxylation sites is 1. The van der Waals surface area contributed by atoms with Gasteiger partial charge in [-0.25, -0.2) is 0 Å². The van der Waals surface area contributed by atoms with Crippen molar-refractivity contribution in [3.8, 4) is 5.75 Å². The van der Waals surface area contributed by atoms with E-state index in [1.165, 1.54) is 0 Å². The van der Waals surface area contributed by atoms with E-state index in [1.54, 1.807) is 0 Å². The van der Waals surface area contributed by atoms with E-state index in [-0.39, 0.29) is 15.9 Å². The largest absolute Gasteiger partial charge is 0.629 e. The molecule has 1 unspecified atom stereocenters. The Labute approximate surface area is 156 Å². The summed E-state index contributed by atoms with van der Waals surface area (Å²) in [5, 5.41) is 23.3. The molecule has 1 atom stereocenters. The van der Waals surface area contributed by atoms with E-state index in [4.69, 9.17) is 0 Å². The summed E-state index contributed by atoms with van der Waals surface area (Å²) in [6, 6.07) is 11.9. The van der Waals surface area contributed by atoms with Gasteiger partial charge in [-0.3, -0.25) is 0 Å². The van der Waals surface area contributed by atoms with Crippen LogP contribution in [0.3, 0.4) is 0 Å². The second-order valence-electron chi connectivity index (χ2n) is 9.28. The van der Waals surface area contributed by atoms with Crippen LogP contribution in [-0.4, -0.2) is 11.7 Å². The zero-order chi connectivity index (χ0) is 19.3. The maximum Gasteiger partial charge on any atom is 0.139 e. The van der Waals surface area contributed by atoms with Crippen molar-refractivity contribution in [1.29, 1.82) is 0 Å². The first-order valence-corrected chi connectivity index (χ1v) is 9.19.